The summed E-state index contributed by atoms with van der Waals surface area (Å²) in [5.74, 6) is 0.974. The molecular weight excluding hydrogens is 278 g/mol. The van der Waals surface area contributed by atoms with Gasteiger partial charge >= 0.3 is 6.09 Å². The fourth-order valence-corrected chi connectivity index (χ4v) is 2.35. The maximum Gasteiger partial charge on any atom is 0.404 e. The second kappa shape index (κ2) is 6.02. The van der Waals surface area contributed by atoms with Crippen LogP contribution in [0.2, 0.25) is 0 Å². The van der Waals surface area contributed by atoms with Gasteiger partial charge in [-0.1, -0.05) is 22.9 Å². The summed E-state index contributed by atoms with van der Waals surface area (Å²) in [5.41, 5.74) is 0.999. The van der Waals surface area contributed by atoms with Gasteiger partial charge in [0.15, 0.2) is 0 Å². The van der Waals surface area contributed by atoms with Gasteiger partial charge < -0.3 is 10.4 Å². The third kappa shape index (κ3) is 4.13. The molecule has 0 aromatic heterocycles. The molecule has 1 rings (SSSR count). The van der Waals surface area contributed by atoms with Crippen molar-refractivity contribution in [3.63, 3.8) is 0 Å². The average Bonchev–Trinajstić information content (AvgIpc) is 2.18. The molecule has 82 valence electrons. The van der Waals surface area contributed by atoms with Crippen LogP contribution >= 0.6 is 27.7 Å². The van der Waals surface area contributed by atoms with Crippen LogP contribution in [-0.2, 0) is 6.54 Å². The van der Waals surface area contributed by atoms with Gasteiger partial charge in [-0.3, -0.25) is 0 Å². The first-order valence-electron chi connectivity index (χ1n) is 4.51. The SMILES string of the molecule is CCSc1ccc(Br)cc1CNC(=O)O. The summed E-state index contributed by atoms with van der Waals surface area (Å²) in [5, 5.41) is 10.9. The molecule has 0 spiro atoms. The molecule has 0 fully saturated rings. The molecule has 1 amide bonds. The number of benzene rings is 1. The predicted octanol–water partition coefficient (Wildman–Crippen LogP) is 3.33. The van der Waals surface area contributed by atoms with Gasteiger partial charge in [0, 0.05) is 15.9 Å². The van der Waals surface area contributed by atoms with Gasteiger partial charge in [-0.25, -0.2) is 4.79 Å². The van der Waals surface area contributed by atoms with Gasteiger partial charge in [0.05, 0.1) is 0 Å². The number of hydrogen-bond acceptors (Lipinski definition) is 2. The summed E-state index contributed by atoms with van der Waals surface area (Å²) in [7, 11) is 0. The van der Waals surface area contributed by atoms with E-state index in [9.17, 15) is 4.79 Å². The fourth-order valence-electron chi connectivity index (χ4n) is 1.15. The molecule has 0 heterocycles. The van der Waals surface area contributed by atoms with E-state index in [1.54, 1.807) is 11.8 Å². The maximum absolute atomic E-state index is 10.4. The zero-order chi connectivity index (χ0) is 11.3. The van der Waals surface area contributed by atoms with Gasteiger partial charge in [-0.15, -0.1) is 11.8 Å². The third-order valence-electron chi connectivity index (χ3n) is 1.75. The molecule has 0 radical (unpaired) electrons. The van der Waals surface area contributed by atoms with E-state index in [1.807, 2.05) is 18.2 Å². The summed E-state index contributed by atoms with van der Waals surface area (Å²) in [6.07, 6.45) is -0.998. The maximum atomic E-state index is 10.4. The molecule has 1 aromatic carbocycles. The third-order valence-corrected chi connectivity index (χ3v) is 3.24. The minimum absolute atomic E-state index is 0.344. The van der Waals surface area contributed by atoms with Crippen LogP contribution in [-0.4, -0.2) is 17.0 Å². The van der Waals surface area contributed by atoms with E-state index in [1.165, 1.54) is 0 Å². The summed E-state index contributed by atoms with van der Waals surface area (Å²) >= 11 is 5.08. The van der Waals surface area contributed by atoms with Crippen molar-refractivity contribution in [3.8, 4) is 0 Å². The summed E-state index contributed by atoms with van der Waals surface area (Å²) < 4.78 is 0.963. The Hall–Kier alpha value is -0.680. The van der Waals surface area contributed by atoms with Gasteiger partial charge in [-0.2, -0.15) is 0 Å². The van der Waals surface area contributed by atoms with Crippen LogP contribution in [0, 0.1) is 0 Å². The van der Waals surface area contributed by atoms with Crippen LogP contribution in [0.4, 0.5) is 4.79 Å². The van der Waals surface area contributed by atoms with Crippen LogP contribution in [0.1, 0.15) is 12.5 Å². The molecule has 15 heavy (non-hydrogen) atoms. The Morgan fingerprint density at radius 1 is 1.60 bits per heavy atom. The van der Waals surface area contributed by atoms with Crippen molar-refractivity contribution in [3.05, 3.63) is 28.2 Å². The number of nitrogens with one attached hydrogen (secondary N) is 1. The van der Waals surface area contributed by atoms with E-state index < -0.39 is 6.09 Å². The standard InChI is InChI=1S/C10H12BrNO2S/c1-2-15-9-4-3-8(11)5-7(9)6-12-10(13)14/h3-5,12H,2,6H2,1H3,(H,13,14). The largest absolute Gasteiger partial charge is 0.465 e. The second-order valence-corrected chi connectivity index (χ2v) is 5.07. The molecule has 0 aliphatic carbocycles. The first-order valence-corrected chi connectivity index (χ1v) is 6.29. The lowest BCUT2D eigenvalue weighted by molar-refractivity contribution is 0.194. The van der Waals surface area contributed by atoms with Gasteiger partial charge in [-0.05, 0) is 29.5 Å². The van der Waals surface area contributed by atoms with Crippen LogP contribution in [0.15, 0.2) is 27.6 Å². The predicted molar refractivity (Wildman–Crippen MR) is 65.4 cm³/mol. The van der Waals surface area contributed by atoms with Crippen molar-refractivity contribution >= 4 is 33.8 Å². The van der Waals surface area contributed by atoms with Crippen molar-refractivity contribution in [1.29, 1.82) is 0 Å². The fraction of sp³-hybridized carbons (Fsp3) is 0.300. The lowest BCUT2D eigenvalue weighted by Gasteiger charge is -2.08. The lowest BCUT2D eigenvalue weighted by atomic mass is 10.2. The quantitative estimate of drug-likeness (QED) is 0.836. The normalized spacial score (nSPS) is 10.0. The molecule has 0 aliphatic rings. The molecule has 0 saturated heterocycles. The molecular formula is C10H12BrNO2S. The second-order valence-electron chi connectivity index (χ2n) is 2.84. The zero-order valence-electron chi connectivity index (χ0n) is 8.29. The number of amides is 1. The summed E-state index contributed by atoms with van der Waals surface area (Å²) in [6.45, 7) is 2.41. The Kier molecular flexibility index (Phi) is 4.98. The molecule has 5 heteroatoms. The smallest absolute Gasteiger partial charge is 0.404 e. The van der Waals surface area contributed by atoms with Crippen LogP contribution < -0.4 is 5.32 Å². The topological polar surface area (TPSA) is 49.3 Å². The lowest BCUT2D eigenvalue weighted by Crippen LogP contribution is -2.20. The van der Waals surface area contributed by atoms with E-state index in [-0.39, 0.29) is 0 Å². The van der Waals surface area contributed by atoms with E-state index in [0.29, 0.717) is 6.54 Å². The Bertz CT molecular complexity index is 357. The Labute approximate surface area is 101 Å². The highest BCUT2D eigenvalue weighted by Crippen LogP contribution is 2.25. The monoisotopic (exact) mass is 289 g/mol. The Morgan fingerprint density at radius 2 is 2.33 bits per heavy atom. The minimum Gasteiger partial charge on any atom is -0.465 e. The van der Waals surface area contributed by atoms with Gasteiger partial charge in [0.2, 0.25) is 0 Å². The van der Waals surface area contributed by atoms with Gasteiger partial charge in [0.1, 0.15) is 0 Å². The highest BCUT2D eigenvalue weighted by molar-refractivity contribution is 9.10. The van der Waals surface area contributed by atoms with Crippen LogP contribution in [0.25, 0.3) is 0 Å². The van der Waals surface area contributed by atoms with Crippen molar-refractivity contribution in [2.45, 2.75) is 18.4 Å². The number of halogens is 1. The van der Waals surface area contributed by atoms with E-state index in [2.05, 4.69) is 28.2 Å². The highest BCUT2D eigenvalue weighted by atomic mass is 79.9. The molecule has 1 aromatic rings. The van der Waals surface area contributed by atoms with Gasteiger partial charge in [0.25, 0.3) is 0 Å². The first kappa shape index (κ1) is 12.4. The number of hydrogen-bond donors (Lipinski definition) is 2. The van der Waals surface area contributed by atoms with Crippen molar-refractivity contribution < 1.29 is 9.90 Å². The highest BCUT2D eigenvalue weighted by Gasteiger charge is 2.04. The molecule has 3 nitrogen and oxygen atoms in total. The molecule has 0 bridgehead atoms. The average molecular weight is 290 g/mol. The molecule has 0 aliphatic heterocycles. The Morgan fingerprint density at radius 3 is 2.93 bits per heavy atom. The van der Waals surface area contributed by atoms with Crippen LogP contribution in [0.5, 0.6) is 0 Å². The van der Waals surface area contributed by atoms with E-state index in [4.69, 9.17) is 5.11 Å². The van der Waals surface area contributed by atoms with Crippen molar-refractivity contribution in [2.75, 3.05) is 5.75 Å². The molecule has 2 N–H and O–H groups in total. The number of thioether (sulfide) groups is 1. The molecule has 0 saturated carbocycles. The number of rotatable bonds is 4. The number of carbonyl (C=O) groups is 1. The van der Waals surface area contributed by atoms with Crippen molar-refractivity contribution in [1.82, 2.24) is 5.32 Å². The Balaban J connectivity index is 2.81. The summed E-state index contributed by atoms with van der Waals surface area (Å²) in [4.78, 5) is 11.5. The molecule has 0 atom stereocenters. The molecule has 0 unspecified atom stereocenters. The number of carboxylic acid groups (broad SMARTS) is 1. The minimum atomic E-state index is -0.998. The summed E-state index contributed by atoms with van der Waals surface area (Å²) in [6, 6.07) is 5.90. The zero-order valence-corrected chi connectivity index (χ0v) is 10.7. The van der Waals surface area contributed by atoms with E-state index in [0.717, 1.165) is 20.7 Å². The first-order chi connectivity index (χ1) is 7.13. The van der Waals surface area contributed by atoms with E-state index >= 15 is 0 Å². The van der Waals surface area contributed by atoms with Crippen molar-refractivity contribution in [2.24, 2.45) is 0 Å². The van der Waals surface area contributed by atoms with Crippen LogP contribution in [0.3, 0.4) is 0 Å².